The number of likely N-dealkylation sites (tertiary alicyclic amines) is 1. The first-order chi connectivity index (χ1) is 17.7. The Morgan fingerprint density at radius 1 is 1.03 bits per heavy atom. The van der Waals surface area contributed by atoms with Gasteiger partial charge in [-0.2, -0.15) is 5.26 Å². The van der Waals surface area contributed by atoms with Gasteiger partial charge in [0, 0.05) is 42.5 Å². The van der Waals surface area contributed by atoms with Gasteiger partial charge < -0.3 is 0 Å². The molecule has 2 fully saturated rings. The second-order valence-electron chi connectivity index (χ2n) is 9.27. The normalized spacial score (nSPS) is 21.6. The minimum atomic E-state index is -1.49. The summed E-state index contributed by atoms with van der Waals surface area (Å²) in [4.78, 5) is 45.3. The molecule has 0 aromatic heterocycles. The minimum absolute atomic E-state index is 0.154. The van der Waals surface area contributed by atoms with Crippen LogP contribution in [0.15, 0.2) is 72.8 Å². The molecule has 4 amide bonds. The molecule has 2 heterocycles. The Hall–Kier alpha value is -3.70. The fraction of sp³-hybridized carbons (Fsp3) is 0.214. The van der Waals surface area contributed by atoms with Gasteiger partial charge in [0.25, 0.3) is 5.91 Å². The van der Waals surface area contributed by atoms with Crippen LogP contribution in [0, 0.1) is 11.3 Å². The Morgan fingerprint density at radius 2 is 1.68 bits per heavy atom. The van der Waals surface area contributed by atoms with Crippen LogP contribution in [0.5, 0.6) is 0 Å². The van der Waals surface area contributed by atoms with Gasteiger partial charge >= 0.3 is 6.03 Å². The third kappa shape index (κ3) is 4.27. The molecule has 5 rings (SSSR count). The van der Waals surface area contributed by atoms with Crippen LogP contribution < -0.4 is 4.90 Å². The van der Waals surface area contributed by atoms with Crippen LogP contribution in [0.1, 0.15) is 29.5 Å². The van der Waals surface area contributed by atoms with Crippen molar-refractivity contribution in [3.05, 3.63) is 99.5 Å². The molecule has 2 aliphatic heterocycles. The maximum atomic E-state index is 14.3. The first-order valence-electron chi connectivity index (χ1n) is 11.7. The molecule has 3 aromatic rings. The molecule has 186 valence electrons. The van der Waals surface area contributed by atoms with Crippen LogP contribution in [-0.4, -0.2) is 46.3 Å². The maximum absolute atomic E-state index is 14.3. The van der Waals surface area contributed by atoms with Crippen LogP contribution in [0.2, 0.25) is 10.0 Å². The van der Waals surface area contributed by atoms with Gasteiger partial charge in [-0.15, -0.1) is 0 Å². The number of carbonyl (C=O) groups is 3. The van der Waals surface area contributed by atoms with E-state index in [2.05, 4.69) is 11.0 Å². The average Bonchev–Trinajstić information content (AvgIpc) is 3.33. The van der Waals surface area contributed by atoms with Gasteiger partial charge in [0.05, 0.1) is 17.3 Å². The molecule has 0 radical (unpaired) electrons. The van der Waals surface area contributed by atoms with Crippen molar-refractivity contribution in [2.75, 3.05) is 18.0 Å². The first-order valence-corrected chi connectivity index (χ1v) is 12.4. The zero-order chi connectivity index (χ0) is 26.3. The summed E-state index contributed by atoms with van der Waals surface area (Å²) in [5, 5.41) is 9.79. The molecule has 0 bridgehead atoms. The van der Waals surface area contributed by atoms with Crippen LogP contribution in [-0.2, 0) is 16.1 Å². The van der Waals surface area contributed by atoms with E-state index in [9.17, 15) is 19.6 Å². The highest BCUT2D eigenvalue weighted by Crippen LogP contribution is 2.47. The lowest BCUT2D eigenvalue weighted by molar-refractivity contribution is -0.136. The Morgan fingerprint density at radius 3 is 2.27 bits per heavy atom. The fourth-order valence-electron chi connectivity index (χ4n) is 5.46. The number of halogens is 2. The molecule has 0 N–H and O–H groups in total. The first kappa shape index (κ1) is 25.0. The van der Waals surface area contributed by atoms with Crippen molar-refractivity contribution in [1.82, 2.24) is 9.80 Å². The maximum Gasteiger partial charge on any atom is 0.339 e. The molecule has 3 aromatic carbocycles. The summed E-state index contributed by atoms with van der Waals surface area (Å²) in [6.45, 7) is 2.40. The summed E-state index contributed by atoms with van der Waals surface area (Å²) >= 11 is 12.4. The monoisotopic (exact) mass is 532 g/mol. The molecule has 0 saturated carbocycles. The summed E-state index contributed by atoms with van der Waals surface area (Å²) in [6, 6.07) is 22.5. The van der Waals surface area contributed by atoms with Gasteiger partial charge in [0.2, 0.25) is 5.91 Å². The van der Waals surface area contributed by atoms with E-state index in [4.69, 9.17) is 23.2 Å². The molecule has 2 atom stereocenters. The Balaban J connectivity index is 1.65. The Bertz CT molecular complexity index is 1420. The number of nitrogens with zero attached hydrogens (tertiary/aromatic N) is 4. The fourth-order valence-corrected chi connectivity index (χ4v) is 5.97. The van der Waals surface area contributed by atoms with Crippen molar-refractivity contribution in [2.24, 2.45) is 0 Å². The number of imide groups is 2. The van der Waals surface area contributed by atoms with E-state index in [1.54, 1.807) is 24.3 Å². The van der Waals surface area contributed by atoms with E-state index < -0.39 is 29.3 Å². The number of amides is 4. The largest absolute Gasteiger partial charge is 0.339 e. The number of hydrogen-bond donors (Lipinski definition) is 0. The van der Waals surface area contributed by atoms with Crippen LogP contribution >= 0.6 is 23.2 Å². The molecule has 37 heavy (non-hydrogen) atoms. The summed E-state index contributed by atoms with van der Waals surface area (Å²) in [5.74, 6) is -1.57. The van der Waals surface area contributed by atoms with E-state index in [1.807, 2.05) is 30.3 Å². The SMILES string of the molecule is CC(=O)N1C(=O)N(c2cc(Cl)cc(Cl)c2)C(=O)C12CN(Cc1ccccc1)CC2c1ccc(C#N)cc1. The predicted octanol–water partition coefficient (Wildman–Crippen LogP) is 5.22. The quantitative estimate of drug-likeness (QED) is 0.430. The summed E-state index contributed by atoms with van der Waals surface area (Å²) in [6.07, 6.45) is 0. The Labute approximate surface area is 224 Å². The van der Waals surface area contributed by atoms with Crippen LogP contribution in [0.25, 0.3) is 0 Å². The molecule has 0 aliphatic carbocycles. The third-order valence-electron chi connectivity index (χ3n) is 6.95. The van der Waals surface area contributed by atoms with E-state index >= 15 is 0 Å². The summed E-state index contributed by atoms with van der Waals surface area (Å²) in [5.41, 5.74) is 0.997. The smallest absolute Gasteiger partial charge is 0.295 e. The Kier molecular flexibility index (Phi) is 6.50. The zero-order valence-electron chi connectivity index (χ0n) is 19.9. The van der Waals surface area contributed by atoms with E-state index in [1.165, 1.54) is 25.1 Å². The number of anilines is 1. The van der Waals surface area contributed by atoms with Crippen molar-refractivity contribution >= 4 is 46.7 Å². The lowest BCUT2D eigenvalue weighted by Crippen LogP contribution is -2.56. The number of carbonyl (C=O) groups excluding carboxylic acids is 3. The lowest BCUT2D eigenvalue weighted by Gasteiger charge is -2.34. The highest BCUT2D eigenvalue weighted by molar-refractivity contribution is 6.36. The standard InChI is InChI=1S/C28H22Cl2N4O3/c1-18(35)34-27(37)33(24-12-22(29)11-23(30)13-24)26(36)28(34)17-32(15-20-5-3-2-4-6-20)16-25(28)21-9-7-19(14-31)8-10-21/h2-13,25H,15-17H2,1H3. The van der Waals surface area contributed by atoms with Gasteiger partial charge in [0.15, 0.2) is 5.54 Å². The van der Waals surface area contributed by atoms with Crippen molar-refractivity contribution in [3.8, 4) is 6.07 Å². The van der Waals surface area contributed by atoms with Crippen molar-refractivity contribution in [2.45, 2.75) is 24.9 Å². The highest BCUT2D eigenvalue weighted by Gasteiger charge is 2.66. The lowest BCUT2D eigenvalue weighted by atomic mass is 9.80. The summed E-state index contributed by atoms with van der Waals surface area (Å²) < 4.78 is 0. The molecule has 2 saturated heterocycles. The van der Waals surface area contributed by atoms with Gasteiger partial charge in [-0.05, 0) is 41.5 Å². The van der Waals surface area contributed by atoms with E-state index in [-0.39, 0.29) is 22.3 Å². The van der Waals surface area contributed by atoms with E-state index in [0.717, 1.165) is 20.9 Å². The zero-order valence-corrected chi connectivity index (χ0v) is 21.4. The second kappa shape index (κ2) is 9.64. The van der Waals surface area contributed by atoms with Crippen molar-refractivity contribution < 1.29 is 14.4 Å². The van der Waals surface area contributed by atoms with Crippen molar-refractivity contribution in [3.63, 3.8) is 0 Å². The molecular formula is C28H22Cl2N4O3. The van der Waals surface area contributed by atoms with Crippen LogP contribution in [0.3, 0.4) is 0 Å². The van der Waals surface area contributed by atoms with Gasteiger partial charge in [-0.3, -0.25) is 14.5 Å². The molecule has 7 nitrogen and oxygen atoms in total. The number of benzene rings is 3. The van der Waals surface area contributed by atoms with Gasteiger partial charge in [0.1, 0.15) is 0 Å². The average molecular weight is 533 g/mol. The molecule has 9 heteroatoms. The number of urea groups is 1. The summed E-state index contributed by atoms with van der Waals surface area (Å²) in [7, 11) is 0. The van der Waals surface area contributed by atoms with Gasteiger partial charge in [-0.25, -0.2) is 14.6 Å². The molecular weight excluding hydrogens is 511 g/mol. The van der Waals surface area contributed by atoms with Gasteiger partial charge in [-0.1, -0.05) is 65.7 Å². The molecule has 1 spiro atoms. The predicted molar refractivity (Wildman–Crippen MR) is 140 cm³/mol. The van der Waals surface area contributed by atoms with Crippen molar-refractivity contribution in [1.29, 1.82) is 5.26 Å². The highest BCUT2D eigenvalue weighted by atomic mass is 35.5. The number of rotatable bonds is 4. The number of nitriles is 1. The third-order valence-corrected chi connectivity index (χ3v) is 7.38. The minimum Gasteiger partial charge on any atom is -0.295 e. The van der Waals surface area contributed by atoms with Crippen LogP contribution in [0.4, 0.5) is 10.5 Å². The van der Waals surface area contributed by atoms with E-state index in [0.29, 0.717) is 18.7 Å². The topological polar surface area (TPSA) is 84.7 Å². The molecule has 2 aliphatic rings. The second-order valence-corrected chi connectivity index (χ2v) is 10.1. The number of hydrogen-bond acceptors (Lipinski definition) is 5. The molecule has 2 unspecified atom stereocenters.